The van der Waals surface area contributed by atoms with Gasteiger partial charge in [-0.15, -0.1) is 0 Å². The van der Waals surface area contributed by atoms with E-state index in [2.05, 4.69) is 15.8 Å². The van der Waals surface area contributed by atoms with E-state index in [4.69, 9.17) is 9.47 Å². The number of carbonyl (C=O) groups excluding carboxylic acids is 2. The highest BCUT2D eigenvalue weighted by Gasteiger charge is 2.10. The second kappa shape index (κ2) is 10.8. The largest absolute Gasteiger partial charge is 0.490 e. The molecule has 0 fully saturated rings. The summed E-state index contributed by atoms with van der Waals surface area (Å²) in [6, 6.07) is 10.5. The van der Waals surface area contributed by atoms with Crippen LogP contribution in [0, 0.1) is 5.82 Å². The fourth-order valence-electron chi connectivity index (χ4n) is 2.33. The van der Waals surface area contributed by atoms with Gasteiger partial charge in [-0.25, -0.2) is 9.82 Å². The first kappa shape index (κ1) is 21.9. The molecule has 2 rings (SSSR count). The quantitative estimate of drug-likeness (QED) is 0.382. The Morgan fingerprint density at radius 1 is 1.10 bits per heavy atom. The Morgan fingerprint density at radius 2 is 1.83 bits per heavy atom. The van der Waals surface area contributed by atoms with Gasteiger partial charge >= 0.3 is 0 Å². The van der Waals surface area contributed by atoms with Gasteiger partial charge < -0.3 is 14.8 Å². The molecule has 2 aromatic carbocycles. The number of ether oxygens (including phenoxy) is 2. The summed E-state index contributed by atoms with van der Waals surface area (Å²) in [4.78, 5) is 23.7. The van der Waals surface area contributed by atoms with E-state index in [-0.39, 0.29) is 6.10 Å². The second-order valence-electron chi connectivity index (χ2n) is 6.33. The zero-order chi connectivity index (χ0) is 21.2. The van der Waals surface area contributed by atoms with E-state index in [9.17, 15) is 14.0 Å². The second-order valence-corrected chi connectivity index (χ2v) is 6.33. The maximum absolute atomic E-state index is 12.9. The number of rotatable bonds is 9. The topological polar surface area (TPSA) is 89.0 Å². The van der Waals surface area contributed by atoms with Gasteiger partial charge in [-0.3, -0.25) is 9.59 Å². The van der Waals surface area contributed by atoms with Crippen LogP contribution in [0.25, 0.3) is 0 Å². The molecule has 2 N–H and O–H groups in total. The molecule has 0 aromatic heterocycles. The van der Waals surface area contributed by atoms with Gasteiger partial charge in [0.05, 0.1) is 18.9 Å². The first-order valence-corrected chi connectivity index (χ1v) is 9.18. The van der Waals surface area contributed by atoms with E-state index in [1.807, 2.05) is 20.8 Å². The van der Waals surface area contributed by atoms with Crippen LogP contribution in [0.2, 0.25) is 0 Å². The Labute approximate surface area is 168 Å². The maximum atomic E-state index is 12.9. The number of anilines is 1. The van der Waals surface area contributed by atoms with Crippen molar-refractivity contribution in [3.63, 3.8) is 0 Å². The number of amides is 2. The van der Waals surface area contributed by atoms with Gasteiger partial charge in [0.2, 0.25) is 11.8 Å². The van der Waals surface area contributed by atoms with Crippen LogP contribution in [-0.2, 0) is 9.59 Å². The van der Waals surface area contributed by atoms with E-state index in [0.29, 0.717) is 29.4 Å². The van der Waals surface area contributed by atoms with Crippen molar-refractivity contribution in [3.8, 4) is 11.5 Å². The van der Waals surface area contributed by atoms with Crippen molar-refractivity contribution in [1.82, 2.24) is 5.43 Å². The molecule has 29 heavy (non-hydrogen) atoms. The first-order valence-electron chi connectivity index (χ1n) is 9.18. The molecule has 0 radical (unpaired) electrons. The molecule has 0 unspecified atom stereocenters. The van der Waals surface area contributed by atoms with Gasteiger partial charge in [-0.05, 0) is 68.8 Å². The van der Waals surface area contributed by atoms with Crippen molar-refractivity contribution in [2.75, 3.05) is 11.9 Å². The van der Waals surface area contributed by atoms with E-state index in [0.717, 1.165) is 0 Å². The summed E-state index contributed by atoms with van der Waals surface area (Å²) in [5, 5.41) is 6.36. The van der Waals surface area contributed by atoms with Crippen molar-refractivity contribution in [1.29, 1.82) is 0 Å². The van der Waals surface area contributed by atoms with E-state index < -0.39 is 24.1 Å². The fraction of sp³-hybridized carbons (Fsp3) is 0.286. The lowest BCUT2D eigenvalue weighted by Crippen LogP contribution is -2.24. The van der Waals surface area contributed by atoms with Crippen LogP contribution in [0.4, 0.5) is 10.1 Å². The van der Waals surface area contributed by atoms with E-state index in [1.54, 1.807) is 18.2 Å². The average Bonchev–Trinajstić information content (AvgIpc) is 2.65. The molecule has 0 spiro atoms. The van der Waals surface area contributed by atoms with Crippen LogP contribution in [0.1, 0.15) is 32.8 Å². The lowest BCUT2D eigenvalue weighted by molar-refractivity contribution is -0.126. The fourth-order valence-corrected chi connectivity index (χ4v) is 2.33. The summed E-state index contributed by atoms with van der Waals surface area (Å²) in [5.74, 6) is -0.314. The maximum Gasteiger partial charge on any atom is 0.249 e. The molecular formula is C21H24FN3O4. The highest BCUT2D eigenvalue weighted by Crippen LogP contribution is 2.28. The van der Waals surface area contributed by atoms with Crippen molar-refractivity contribution < 1.29 is 23.5 Å². The molecule has 0 aliphatic carbocycles. The highest BCUT2D eigenvalue weighted by atomic mass is 19.1. The molecule has 0 aliphatic rings. The monoisotopic (exact) mass is 401 g/mol. The number of halogens is 1. The zero-order valence-corrected chi connectivity index (χ0v) is 16.6. The predicted octanol–water partition coefficient (Wildman–Crippen LogP) is 3.49. The number of hydrazone groups is 1. The average molecular weight is 401 g/mol. The smallest absolute Gasteiger partial charge is 0.249 e. The number of nitrogens with one attached hydrogen (secondary N) is 2. The first-order chi connectivity index (χ1) is 13.9. The predicted molar refractivity (Wildman–Crippen MR) is 109 cm³/mol. The molecule has 0 atom stereocenters. The number of benzene rings is 2. The minimum Gasteiger partial charge on any atom is -0.490 e. The van der Waals surface area contributed by atoms with Crippen molar-refractivity contribution in [2.45, 2.75) is 33.3 Å². The third kappa shape index (κ3) is 7.61. The summed E-state index contributed by atoms with van der Waals surface area (Å²) in [6.45, 7) is 6.20. The molecule has 0 heterocycles. The summed E-state index contributed by atoms with van der Waals surface area (Å²) in [6.07, 6.45) is 1.03. The third-order valence-electron chi connectivity index (χ3n) is 3.48. The molecular weight excluding hydrogens is 377 g/mol. The van der Waals surface area contributed by atoms with Gasteiger partial charge in [-0.2, -0.15) is 5.10 Å². The normalized spacial score (nSPS) is 10.8. The van der Waals surface area contributed by atoms with E-state index >= 15 is 0 Å². The molecule has 0 aliphatic heterocycles. The minimum absolute atomic E-state index is 0.00840. The Morgan fingerprint density at radius 3 is 2.48 bits per heavy atom. The van der Waals surface area contributed by atoms with Crippen LogP contribution < -0.4 is 20.2 Å². The molecule has 0 bridgehead atoms. The lowest BCUT2D eigenvalue weighted by atomic mass is 10.2. The Kier molecular flexibility index (Phi) is 8.14. The van der Waals surface area contributed by atoms with Gasteiger partial charge in [0, 0.05) is 5.69 Å². The minimum atomic E-state index is -0.578. The molecule has 0 saturated carbocycles. The number of hydrogen-bond donors (Lipinski definition) is 2. The Hall–Kier alpha value is -3.42. The Balaban J connectivity index is 1.89. The summed E-state index contributed by atoms with van der Waals surface area (Å²) < 4.78 is 24.1. The van der Waals surface area contributed by atoms with Crippen LogP contribution in [0.5, 0.6) is 11.5 Å². The molecule has 7 nitrogen and oxygen atoms in total. The summed E-state index contributed by atoms with van der Waals surface area (Å²) >= 11 is 0. The number of carbonyl (C=O) groups is 2. The highest BCUT2D eigenvalue weighted by molar-refractivity contribution is 6.03. The van der Waals surface area contributed by atoms with Crippen molar-refractivity contribution >= 4 is 23.7 Å². The molecule has 154 valence electrons. The number of hydrogen-bond acceptors (Lipinski definition) is 5. The third-order valence-corrected chi connectivity index (χ3v) is 3.48. The van der Waals surface area contributed by atoms with Crippen molar-refractivity contribution in [3.05, 3.63) is 53.8 Å². The van der Waals surface area contributed by atoms with Gasteiger partial charge in [0.25, 0.3) is 0 Å². The molecule has 8 heteroatoms. The van der Waals surface area contributed by atoms with Gasteiger partial charge in [0.1, 0.15) is 12.2 Å². The van der Waals surface area contributed by atoms with Crippen LogP contribution >= 0.6 is 0 Å². The van der Waals surface area contributed by atoms with Crippen LogP contribution in [-0.4, -0.2) is 30.7 Å². The summed E-state index contributed by atoms with van der Waals surface area (Å²) in [7, 11) is 0. The van der Waals surface area contributed by atoms with Crippen molar-refractivity contribution in [2.24, 2.45) is 5.10 Å². The molecule has 0 saturated heterocycles. The van der Waals surface area contributed by atoms with E-state index in [1.165, 1.54) is 30.5 Å². The van der Waals surface area contributed by atoms with Crippen LogP contribution in [0.3, 0.4) is 0 Å². The lowest BCUT2D eigenvalue weighted by Gasteiger charge is -2.14. The SMILES string of the molecule is CCOc1cc(C=NNC(=O)CC(=O)Nc2ccc(F)cc2)ccc1OC(C)C. The number of nitrogens with zero attached hydrogens (tertiary/aromatic N) is 1. The van der Waals surface area contributed by atoms with Crippen LogP contribution in [0.15, 0.2) is 47.6 Å². The van der Waals surface area contributed by atoms with Gasteiger partial charge in [-0.1, -0.05) is 0 Å². The molecule has 2 amide bonds. The molecule has 2 aromatic rings. The van der Waals surface area contributed by atoms with Gasteiger partial charge in [0.15, 0.2) is 11.5 Å². The summed E-state index contributed by atoms with van der Waals surface area (Å²) in [5.41, 5.74) is 3.39. The standard InChI is InChI=1S/C21H24FN3O4/c1-4-28-19-11-15(5-10-18(19)29-14(2)3)13-23-25-21(27)12-20(26)24-17-8-6-16(22)7-9-17/h5-11,13-14H,4,12H2,1-3H3,(H,24,26)(H,25,27). The Bertz CT molecular complexity index is 867. The zero-order valence-electron chi connectivity index (χ0n) is 16.6.